The molecule has 0 atom stereocenters. The largest absolute Gasteiger partial charge is 0.470 e. The molecule has 1 amide bonds. The molecule has 0 aromatic heterocycles. The number of thioether (sulfide) groups is 1. The lowest BCUT2D eigenvalue weighted by Crippen LogP contribution is -2.30. The Hall–Kier alpha value is -2.73. The van der Waals surface area contributed by atoms with Crippen molar-refractivity contribution in [3.8, 4) is 0 Å². The van der Waals surface area contributed by atoms with Gasteiger partial charge in [-0.3, -0.25) is 4.79 Å². The van der Waals surface area contributed by atoms with E-state index in [1.165, 1.54) is 48.1 Å². The van der Waals surface area contributed by atoms with Crippen LogP contribution < -0.4 is 5.73 Å². The molecule has 0 aliphatic rings. The van der Waals surface area contributed by atoms with Crippen LogP contribution >= 0.6 is 11.8 Å². The van der Waals surface area contributed by atoms with Crippen molar-refractivity contribution in [2.75, 3.05) is 5.75 Å². The smallest absolute Gasteiger partial charge is 0.362 e. The second-order valence-corrected chi connectivity index (χ2v) is 8.86. The summed E-state index contributed by atoms with van der Waals surface area (Å²) in [5, 5.41) is 0. The van der Waals surface area contributed by atoms with E-state index in [9.17, 15) is 13.2 Å². The monoisotopic (exact) mass is 473 g/mol. The zero-order valence-electron chi connectivity index (χ0n) is 18.7. The van der Waals surface area contributed by atoms with Crippen molar-refractivity contribution in [2.45, 2.75) is 43.5 Å². The number of carbonyl (C=O) groups is 1. The molecule has 0 aliphatic heterocycles. The highest BCUT2D eigenvalue weighted by Gasteiger charge is 2.36. The SMILES string of the molecule is CCCCCCSC(c1ccccc1)(c1ccccc1)c1ccccc1.NC(=O)C(F)(F)F. The maximum atomic E-state index is 10.7. The second-order valence-electron chi connectivity index (χ2n) is 7.55. The van der Waals surface area contributed by atoms with Crippen LogP contribution in [0.2, 0.25) is 0 Å². The first-order chi connectivity index (χ1) is 15.8. The third-order valence-corrected chi connectivity index (χ3v) is 6.77. The third-order valence-electron chi connectivity index (χ3n) is 5.14. The summed E-state index contributed by atoms with van der Waals surface area (Å²) in [5.41, 5.74) is 7.88. The minimum atomic E-state index is -4.86. The van der Waals surface area contributed by atoms with Crippen molar-refractivity contribution in [1.29, 1.82) is 0 Å². The van der Waals surface area contributed by atoms with Crippen LogP contribution in [-0.2, 0) is 9.54 Å². The summed E-state index contributed by atoms with van der Waals surface area (Å²) in [5.74, 6) is -1.09. The highest BCUT2D eigenvalue weighted by atomic mass is 32.2. The van der Waals surface area contributed by atoms with Gasteiger partial charge in [0, 0.05) is 0 Å². The normalized spacial score (nSPS) is 11.4. The second kappa shape index (κ2) is 13.1. The summed E-state index contributed by atoms with van der Waals surface area (Å²) >= 11 is 2.08. The number of rotatable bonds is 9. The summed E-state index contributed by atoms with van der Waals surface area (Å²) in [7, 11) is 0. The van der Waals surface area contributed by atoms with Gasteiger partial charge in [-0.25, -0.2) is 0 Å². The molecule has 0 fully saturated rings. The number of amides is 1. The first kappa shape index (κ1) is 26.5. The average Bonchev–Trinajstić information content (AvgIpc) is 2.83. The molecule has 0 aliphatic carbocycles. The van der Waals surface area contributed by atoms with E-state index < -0.39 is 12.1 Å². The van der Waals surface area contributed by atoms with Crippen LogP contribution in [0.5, 0.6) is 0 Å². The highest BCUT2D eigenvalue weighted by molar-refractivity contribution is 8.00. The molecular weight excluding hydrogens is 443 g/mol. The fraction of sp³-hybridized carbons (Fsp3) is 0.296. The Morgan fingerprint density at radius 3 is 1.39 bits per heavy atom. The summed E-state index contributed by atoms with van der Waals surface area (Å²) < 4.78 is 32.0. The van der Waals surface area contributed by atoms with Gasteiger partial charge >= 0.3 is 12.1 Å². The van der Waals surface area contributed by atoms with E-state index >= 15 is 0 Å². The van der Waals surface area contributed by atoms with Gasteiger partial charge in [0.25, 0.3) is 0 Å². The van der Waals surface area contributed by atoms with Gasteiger partial charge in [0.05, 0.1) is 4.75 Å². The first-order valence-corrected chi connectivity index (χ1v) is 12.0. The van der Waals surface area contributed by atoms with Crippen LogP contribution in [0.15, 0.2) is 91.0 Å². The molecule has 6 heteroatoms. The van der Waals surface area contributed by atoms with E-state index in [4.69, 9.17) is 4.79 Å². The van der Waals surface area contributed by atoms with Crippen molar-refractivity contribution in [3.05, 3.63) is 108 Å². The van der Waals surface area contributed by atoms with Gasteiger partial charge < -0.3 is 5.73 Å². The number of primary amides is 1. The molecule has 2 N–H and O–H groups in total. The van der Waals surface area contributed by atoms with Crippen molar-refractivity contribution in [1.82, 2.24) is 0 Å². The van der Waals surface area contributed by atoms with E-state index in [0.717, 1.165) is 0 Å². The fourth-order valence-electron chi connectivity index (χ4n) is 3.52. The molecule has 2 nitrogen and oxygen atoms in total. The number of nitrogens with two attached hydrogens (primary N) is 1. The molecule has 0 radical (unpaired) electrons. The summed E-state index contributed by atoms with van der Waals surface area (Å²) in [6.45, 7) is 2.27. The number of halogens is 3. The molecular formula is C27H30F3NOS. The molecule has 0 unspecified atom stereocenters. The molecule has 3 aromatic rings. The van der Waals surface area contributed by atoms with Gasteiger partial charge in [-0.1, -0.05) is 117 Å². The predicted molar refractivity (Wildman–Crippen MR) is 131 cm³/mol. The Morgan fingerprint density at radius 2 is 1.09 bits per heavy atom. The minimum absolute atomic E-state index is 0.157. The number of hydrogen-bond acceptors (Lipinski definition) is 2. The molecule has 0 spiro atoms. The topological polar surface area (TPSA) is 43.1 Å². The Morgan fingerprint density at radius 1 is 0.727 bits per heavy atom. The molecule has 3 rings (SSSR count). The number of carbonyl (C=O) groups excluding carboxylic acids is 1. The van der Waals surface area contributed by atoms with Crippen LogP contribution in [0, 0.1) is 0 Å². The van der Waals surface area contributed by atoms with E-state index in [0.29, 0.717) is 0 Å². The van der Waals surface area contributed by atoms with E-state index in [1.807, 2.05) is 0 Å². The van der Waals surface area contributed by atoms with Crippen molar-refractivity contribution in [3.63, 3.8) is 0 Å². The van der Waals surface area contributed by atoms with Crippen LogP contribution in [0.4, 0.5) is 13.2 Å². The van der Waals surface area contributed by atoms with Gasteiger partial charge in [0.1, 0.15) is 0 Å². The van der Waals surface area contributed by atoms with E-state index in [-0.39, 0.29) is 4.75 Å². The quantitative estimate of drug-likeness (QED) is 0.261. The molecule has 176 valence electrons. The summed E-state index contributed by atoms with van der Waals surface area (Å²) in [6, 6.07) is 32.9. The van der Waals surface area contributed by atoms with Gasteiger partial charge in [-0.05, 0) is 28.9 Å². The van der Waals surface area contributed by atoms with Crippen LogP contribution in [-0.4, -0.2) is 17.8 Å². The van der Waals surface area contributed by atoms with E-state index in [2.05, 4.69) is 115 Å². The lowest BCUT2D eigenvalue weighted by molar-refractivity contribution is -0.169. The van der Waals surface area contributed by atoms with Crippen LogP contribution in [0.3, 0.4) is 0 Å². The van der Waals surface area contributed by atoms with Crippen LogP contribution in [0.1, 0.15) is 49.3 Å². The van der Waals surface area contributed by atoms with Gasteiger partial charge in [0.2, 0.25) is 0 Å². The van der Waals surface area contributed by atoms with Crippen LogP contribution in [0.25, 0.3) is 0 Å². The molecule has 0 bridgehead atoms. The zero-order chi connectivity index (χ0) is 24.2. The Kier molecular flexibility index (Phi) is 10.5. The predicted octanol–water partition coefficient (Wildman–Crippen LogP) is 7.33. The molecule has 3 aromatic carbocycles. The number of unbranched alkanes of at least 4 members (excludes halogenated alkanes) is 3. The molecule has 0 heterocycles. The average molecular weight is 474 g/mol. The minimum Gasteiger partial charge on any atom is -0.362 e. The summed E-state index contributed by atoms with van der Waals surface area (Å²) in [6.07, 6.45) is 0.339. The molecule has 0 saturated heterocycles. The number of hydrogen-bond donors (Lipinski definition) is 1. The van der Waals surface area contributed by atoms with Crippen molar-refractivity contribution < 1.29 is 18.0 Å². The van der Waals surface area contributed by atoms with Crippen molar-refractivity contribution in [2.24, 2.45) is 5.73 Å². The lowest BCUT2D eigenvalue weighted by Gasteiger charge is -2.35. The third kappa shape index (κ3) is 7.67. The van der Waals surface area contributed by atoms with Gasteiger partial charge in [-0.15, -0.1) is 11.8 Å². The Labute approximate surface area is 198 Å². The van der Waals surface area contributed by atoms with Crippen molar-refractivity contribution >= 4 is 17.7 Å². The maximum Gasteiger partial charge on any atom is 0.470 e. The van der Waals surface area contributed by atoms with E-state index in [1.54, 1.807) is 0 Å². The van der Waals surface area contributed by atoms with Gasteiger partial charge in [-0.2, -0.15) is 13.2 Å². The fourth-order valence-corrected chi connectivity index (χ4v) is 5.09. The first-order valence-electron chi connectivity index (χ1n) is 11.0. The Bertz CT molecular complexity index is 851. The standard InChI is InChI=1S/C25H28S.C2H2F3NO/c1-2-3-4-14-21-26-25(22-15-8-5-9-16-22,23-17-10-6-11-18-23)24-19-12-7-13-20-24;3-2(4,5)1(6)7/h5-13,15-20H,2-4,14,21H2,1H3;(H2,6,7). The number of alkyl halides is 3. The molecule has 0 saturated carbocycles. The van der Waals surface area contributed by atoms with Gasteiger partial charge in [0.15, 0.2) is 0 Å². The highest BCUT2D eigenvalue weighted by Crippen LogP contribution is 2.48. The number of benzene rings is 3. The lowest BCUT2D eigenvalue weighted by atomic mass is 9.84. The Balaban J connectivity index is 0.000000479. The molecule has 33 heavy (non-hydrogen) atoms. The summed E-state index contributed by atoms with van der Waals surface area (Å²) in [4.78, 5) is 9.12. The zero-order valence-corrected chi connectivity index (χ0v) is 19.5. The maximum absolute atomic E-state index is 10.7.